The molecule has 0 N–H and O–H groups in total. The van der Waals surface area contributed by atoms with Gasteiger partial charge in [0.25, 0.3) is 0 Å². The van der Waals surface area contributed by atoms with Crippen LogP contribution in [-0.2, 0) is 0 Å². The van der Waals surface area contributed by atoms with E-state index in [0.29, 0.717) is 0 Å². The van der Waals surface area contributed by atoms with Crippen LogP contribution in [0, 0.1) is 0 Å². The molecule has 1 aromatic heterocycles. The van der Waals surface area contributed by atoms with E-state index in [0.717, 1.165) is 5.69 Å². The SMILES string of the molecule is C/C(=C/c1ccccc1)c1ccccn1. The second kappa shape index (κ2) is 4.56. The van der Waals surface area contributed by atoms with E-state index in [-0.39, 0.29) is 0 Å². The van der Waals surface area contributed by atoms with Gasteiger partial charge in [-0.25, -0.2) is 0 Å². The van der Waals surface area contributed by atoms with Gasteiger partial charge in [-0.2, -0.15) is 0 Å². The number of pyridine rings is 1. The molecular weight excluding hydrogens is 182 g/mol. The van der Waals surface area contributed by atoms with Crippen LogP contribution in [0.4, 0.5) is 0 Å². The Labute approximate surface area is 90.1 Å². The number of hydrogen-bond acceptors (Lipinski definition) is 1. The molecule has 0 unspecified atom stereocenters. The molecule has 0 aliphatic rings. The first kappa shape index (κ1) is 9.66. The van der Waals surface area contributed by atoms with E-state index in [2.05, 4.69) is 30.1 Å². The zero-order valence-corrected chi connectivity index (χ0v) is 8.72. The van der Waals surface area contributed by atoms with E-state index in [1.165, 1.54) is 11.1 Å². The minimum Gasteiger partial charge on any atom is -0.257 e. The van der Waals surface area contributed by atoms with Crippen LogP contribution in [0.25, 0.3) is 11.6 Å². The lowest BCUT2D eigenvalue weighted by molar-refractivity contribution is 1.27. The number of rotatable bonds is 2. The van der Waals surface area contributed by atoms with Crippen LogP contribution in [-0.4, -0.2) is 4.98 Å². The summed E-state index contributed by atoms with van der Waals surface area (Å²) in [5.74, 6) is 0. The molecule has 74 valence electrons. The van der Waals surface area contributed by atoms with Gasteiger partial charge in [0.2, 0.25) is 0 Å². The third-order valence-electron chi connectivity index (χ3n) is 2.25. The standard InChI is InChI=1S/C14H13N/c1-12(14-9-5-6-10-15-14)11-13-7-3-2-4-8-13/h2-11H,1H3/b12-11-. The second-order valence-corrected chi connectivity index (χ2v) is 3.45. The Balaban J connectivity index is 2.29. The first-order valence-corrected chi connectivity index (χ1v) is 5.01. The van der Waals surface area contributed by atoms with Gasteiger partial charge in [-0.3, -0.25) is 4.98 Å². The average molecular weight is 195 g/mol. The van der Waals surface area contributed by atoms with Crippen molar-refractivity contribution in [2.24, 2.45) is 0 Å². The van der Waals surface area contributed by atoms with Crippen molar-refractivity contribution < 1.29 is 0 Å². The topological polar surface area (TPSA) is 12.9 Å². The summed E-state index contributed by atoms with van der Waals surface area (Å²) < 4.78 is 0. The molecule has 0 aliphatic heterocycles. The minimum absolute atomic E-state index is 1.03. The highest BCUT2D eigenvalue weighted by Gasteiger charge is 1.95. The highest BCUT2D eigenvalue weighted by Crippen LogP contribution is 2.14. The van der Waals surface area contributed by atoms with Gasteiger partial charge in [0.15, 0.2) is 0 Å². The van der Waals surface area contributed by atoms with Crippen LogP contribution in [0.2, 0.25) is 0 Å². The van der Waals surface area contributed by atoms with Gasteiger partial charge < -0.3 is 0 Å². The fourth-order valence-corrected chi connectivity index (χ4v) is 1.47. The molecular formula is C14H13N. The van der Waals surface area contributed by atoms with Crippen molar-refractivity contribution in [3.05, 3.63) is 66.0 Å². The summed E-state index contributed by atoms with van der Waals surface area (Å²) in [6, 6.07) is 16.2. The van der Waals surface area contributed by atoms with Gasteiger partial charge in [-0.15, -0.1) is 0 Å². The summed E-state index contributed by atoms with van der Waals surface area (Å²) in [7, 11) is 0. The van der Waals surface area contributed by atoms with E-state index >= 15 is 0 Å². The largest absolute Gasteiger partial charge is 0.257 e. The van der Waals surface area contributed by atoms with E-state index < -0.39 is 0 Å². The molecule has 1 heteroatoms. The fourth-order valence-electron chi connectivity index (χ4n) is 1.47. The minimum atomic E-state index is 1.03. The summed E-state index contributed by atoms with van der Waals surface area (Å²) in [6.07, 6.45) is 3.96. The quantitative estimate of drug-likeness (QED) is 0.712. The van der Waals surface area contributed by atoms with Gasteiger partial charge in [0.05, 0.1) is 5.69 Å². The monoisotopic (exact) mass is 195 g/mol. The van der Waals surface area contributed by atoms with Crippen LogP contribution in [0.15, 0.2) is 54.7 Å². The molecule has 2 aromatic rings. The fraction of sp³-hybridized carbons (Fsp3) is 0.0714. The van der Waals surface area contributed by atoms with Crippen molar-refractivity contribution in [1.29, 1.82) is 0 Å². The predicted molar refractivity (Wildman–Crippen MR) is 64.2 cm³/mol. The molecule has 1 nitrogen and oxygen atoms in total. The van der Waals surface area contributed by atoms with Gasteiger partial charge >= 0.3 is 0 Å². The Morgan fingerprint density at radius 1 is 1.00 bits per heavy atom. The van der Waals surface area contributed by atoms with Crippen molar-refractivity contribution in [2.45, 2.75) is 6.92 Å². The summed E-state index contributed by atoms with van der Waals surface area (Å²) in [5.41, 5.74) is 3.42. The molecule has 0 bridgehead atoms. The molecule has 1 heterocycles. The Bertz CT molecular complexity index is 443. The third kappa shape index (κ3) is 2.53. The lowest BCUT2D eigenvalue weighted by atomic mass is 10.1. The summed E-state index contributed by atoms with van der Waals surface area (Å²) in [5, 5.41) is 0. The molecule has 0 radical (unpaired) electrons. The maximum atomic E-state index is 4.31. The predicted octanol–water partition coefficient (Wildman–Crippen LogP) is 3.64. The highest BCUT2D eigenvalue weighted by molar-refractivity contribution is 5.78. The lowest BCUT2D eigenvalue weighted by Gasteiger charge is -1.99. The van der Waals surface area contributed by atoms with Gasteiger partial charge in [-0.1, -0.05) is 36.4 Å². The summed E-state index contributed by atoms with van der Waals surface area (Å²) >= 11 is 0. The van der Waals surface area contributed by atoms with Crippen LogP contribution >= 0.6 is 0 Å². The Kier molecular flexibility index (Phi) is 2.93. The van der Waals surface area contributed by atoms with Crippen LogP contribution in [0.5, 0.6) is 0 Å². The van der Waals surface area contributed by atoms with Crippen molar-refractivity contribution in [3.63, 3.8) is 0 Å². The number of aromatic nitrogens is 1. The molecule has 0 amide bonds. The van der Waals surface area contributed by atoms with Crippen LogP contribution < -0.4 is 0 Å². The molecule has 1 aromatic carbocycles. The van der Waals surface area contributed by atoms with Crippen molar-refractivity contribution >= 4 is 11.6 Å². The Morgan fingerprint density at radius 3 is 2.40 bits per heavy atom. The smallest absolute Gasteiger partial charge is 0.0658 e. The van der Waals surface area contributed by atoms with E-state index in [9.17, 15) is 0 Å². The van der Waals surface area contributed by atoms with Crippen LogP contribution in [0.3, 0.4) is 0 Å². The first-order chi connectivity index (χ1) is 7.36. The summed E-state index contributed by atoms with van der Waals surface area (Å²) in [4.78, 5) is 4.31. The maximum Gasteiger partial charge on any atom is 0.0658 e. The van der Waals surface area contributed by atoms with Crippen molar-refractivity contribution in [3.8, 4) is 0 Å². The van der Waals surface area contributed by atoms with Gasteiger partial charge in [0.1, 0.15) is 0 Å². The zero-order valence-electron chi connectivity index (χ0n) is 8.72. The molecule has 15 heavy (non-hydrogen) atoms. The third-order valence-corrected chi connectivity index (χ3v) is 2.25. The zero-order chi connectivity index (χ0) is 10.5. The number of hydrogen-bond donors (Lipinski definition) is 0. The van der Waals surface area contributed by atoms with E-state index in [1.807, 2.05) is 42.6 Å². The van der Waals surface area contributed by atoms with Crippen molar-refractivity contribution in [1.82, 2.24) is 4.98 Å². The first-order valence-electron chi connectivity index (χ1n) is 5.01. The van der Waals surface area contributed by atoms with Crippen molar-refractivity contribution in [2.75, 3.05) is 0 Å². The second-order valence-electron chi connectivity index (χ2n) is 3.45. The molecule has 0 atom stereocenters. The molecule has 0 spiro atoms. The van der Waals surface area contributed by atoms with Gasteiger partial charge in [0, 0.05) is 6.20 Å². The van der Waals surface area contributed by atoms with Crippen LogP contribution in [0.1, 0.15) is 18.2 Å². The molecule has 0 saturated heterocycles. The van der Waals surface area contributed by atoms with Gasteiger partial charge in [-0.05, 0) is 36.3 Å². The average Bonchev–Trinajstić information content (AvgIpc) is 2.31. The molecule has 0 aliphatic carbocycles. The lowest BCUT2D eigenvalue weighted by Crippen LogP contribution is -1.83. The van der Waals surface area contributed by atoms with E-state index in [1.54, 1.807) is 0 Å². The maximum absolute atomic E-state index is 4.31. The molecule has 0 saturated carbocycles. The Hall–Kier alpha value is -1.89. The van der Waals surface area contributed by atoms with E-state index in [4.69, 9.17) is 0 Å². The number of allylic oxidation sites excluding steroid dienone is 1. The molecule has 0 fully saturated rings. The number of benzene rings is 1. The summed E-state index contributed by atoms with van der Waals surface area (Å²) in [6.45, 7) is 2.08. The normalized spacial score (nSPS) is 11.4. The molecule has 2 rings (SSSR count). The number of nitrogens with zero attached hydrogens (tertiary/aromatic N) is 1. The highest BCUT2D eigenvalue weighted by atomic mass is 14.7. The Morgan fingerprint density at radius 2 is 1.73 bits per heavy atom.